The maximum atomic E-state index is 13.1. The van der Waals surface area contributed by atoms with Crippen LogP contribution in [0.2, 0.25) is 0 Å². The first-order valence-corrected chi connectivity index (χ1v) is 8.81. The zero-order valence-electron chi connectivity index (χ0n) is 14.4. The molecule has 2 bridgehead atoms. The number of benzene rings is 2. The fourth-order valence-corrected chi connectivity index (χ4v) is 4.68. The van der Waals surface area contributed by atoms with Gasteiger partial charge in [0.15, 0.2) is 0 Å². The maximum absolute atomic E-state index is 13.1. The molecule has 0 saturated carbocycles. The molecular formula is C19H14F3N3O3. The number of nitrogens with zero attached hydrogens (tertiary/aromatic N) is 3. The third-order valence-corrected chi connectivity index (χ3v) is 5.78. The van der Waals surface area contributed by atoms with Crippen molar-refractivity contribution >= 4 is 34.3 Å². The van der Waals surface area contributed by atoms with Crippen LogP contribution in [-0.2, 0) is 9.59 Å². The predicted molar refractivity (Wildman–Crippen MR) is 92.4 cm³/mol. The number of hydrogen-bond donors (Lipinski definition) is 0. The lowest BCUT2D eigenvalue weighted by Gasteiger charge is -2.35. The quantitative estimate of drug-likeness (QED) is 0.705. The fraction of sp³-hybridized carbons (Fsp3) is 0.316. The molecule has 6 nitrogen and oxygen atoms in total. The number of carbonyl (C=O) groups is 3. The first kappa shape index (κ1) is 17.0. The van der Waals surface area contributed by atoms with E-state index in [2.05, 4.69) is 0 Å². The van der Waals surface area contributed by atoms with Gasteiger partial charge in [-0.15, -0.1) is 0 Å². The van der Waals surface area contributed by atoms with Gasteiger partial charge >= 0.3 is 18.1 Å². The van der Waals surface area contributed by atoms with E-state index in [4.69, 9.17) is 0 Å². The number of fused-ring (bicyclic) bond motifs is 6. The highest BCUT2D eigenvalue weighted by Crippen LogP contribution is 2.44. The standard InChI is InChI=1S/C19H14F3N3O3/c20-19(21,22)17(27)23-9-11-8-14(23)15-16(26)25(18(28)24(11)15)13-7-3-5-10-4-1-2-6-12(10)13/h1-7,11,14-15H,8-9H2. The summed E-state index contributed by atoms with van der Waals surface area (Å²) in [5, 5.41) is 1.54. The van der Waals surface area contributed by atoms with Crippen LogP contribution in [0.15, 0.2) is 42.5 Å². The van der Waals surface area contributed by atoms with Crippen molar-refractivity contribution in [2.45, 2.75) is 30.7 Å². The lowest BCUT2D eigenvalue weighted by atomic mass is 10.1. The Morgan fingerprint density at radius 2 is 1.75 bits per heavy atom. The molecule has 3 fully saturated rings. The lowest BCUT2D eigenvalue weighted by molar-refractivity contribution is -0.188. The second-order valence-corrected chi connectivity index (χ2v) is 7.22. The number of rotatable bonds is 1. The molecule has 3 heterocycles. The van der Waals surface area contributed by atoms with Crippen molar-refractivity contribution in [3.8, 4) is 0 Å². The van der Waals surface area contributed by atoms with Crippen LogP contribution in [0.25, 0.3) is 10.8 Å². The number of urea groups is 1. The first-order chi connectivity index (χ1) is 13.3. The molecule has 4 amide bonds. The van der Waals surface area contributed by atoms with E-state index in [1.54, 1.807) is 24.3 Å². The van der Waals surface area contributed by atoms with Crippen molar-refractivity contribution < 1.29 is 27.6 Å². The molecular weight excluding hydrogens is 375 g/mol. The number of carbonyl (C=O) groups excluding carboxylic acids is 3. The number of anilines is 1. The Balaban J connectivity index is 1.54. The van der Waals surface area contributed by atoms with Gasteiger partial charge in [0.2, 0.25) is 0 Å². The van der Waals surface area contributed by atoms with E-state index in [1.807, 2.05) is 18.2 Å². The summed E-state index contributed by atoms with van der Waals surface area (Å²) in [6, 6.07) is 9.29. The third kappa shape index (κ3) is 2.12. The molecule has 3 saturated heterocycles. The number of hydrogen-bond acceptors (Lipinski definition) is 3. The average Bonchev–Trinajstić information content (AvgIpc) is 3.31. The Bertz CT molecular complexity index is 1030. The van der Waals surface area contributed by atoms with E-state index in [9.17, 15) is 27.6 Å². The van der Waals surface area contributed by atoms with Gasteiger partial charge in [-0.05, 0) is 17.9 Å². The average molecular weight is 389 g/mol. The molecule has 2 aromatic carbocycles. The summed E-state index contributed by atoms with van der Waals surface area (Å²) in [5.41, 5.74) is 0.399. The molecule has 9 heteroatoms. The lowest BCUT2D eigenvalue weighted by Crippen LogP contribution is -2.57. The highest BCUT2D eigenvalue weighted by atomic mass is 19.4. The van der Waals surface area contributed by atoms with E-state index in [1.165, 1.54) is 4.90 Å². The van der Waals surface area contributed by atoms with Crippen LogP contribution in [0.4, 0.5) is 23.7 Å². The van der Waals surface area contributed by atoms with Gasteiger partial charge in [0.1, 0.15) is 6.04 Å². The van der Waals surface area contributed by atoms with Gasteiger partial charge in [0.05, 0.1) is 17.8 Å². The van der Waals surface area contributed by atoms with Crippen LogP contribution < -0.4 is 4.90 Å². The molecule has 0 aromatic heterocycles. The normalized spacial score (nSPS) is 26.5. The van der Waals surface area contributed by atoms with Crippen molar-refractivity contribution in [3.05, 3.63) is 42.5 Å². The van der Waals surface area contributed by atoms with E-state index in [0.717, 1.165) is 10.3 Å². The zero-order chi connectivity index (χ0) is 19.8. The molecule has 28 heavy (non-hydrogen) atoms. The van der Waals surface area contributed by atoms with Gasteiger partial charge in [-0.25, -0.2) is 9.69 Å². The first-order valence-electron chi connectivity index (χ1n) is 8.81. The molecule has 3 unspecified atom stereocenters. The van der Waals surface area contributed by atoms with Gasteiger partial charge in [0.25, 0.3) is 5.91 Å². The number of likely N-dealkylation sites (tertiary alicyclic amines) is 1. The van der Waals surface area contributed by atoms with Crippen molar-refractivity contribution in [3.63, 3.8) is 0 Å². The topological polar surface area (TPSA) is 60.9 Å². The summed E-state index contributed by atoms with van der Waals surface area (Å²) >= 11 is 0. The monoisotopic (exact) mass is 389 g/mol. The second-order valence-electron chi connectivity index (χ2n) is 7.22. The van der Waals surface area contributed by atoms with Gasteiger partial charge in [-0.1, -0.05) is 36.4 Å². The van der Waals surface area contributed by atoms with Gasteiger partial charge < -0.3 is 9.80 Å². The maximum Gasteiger partial charge on any atom is 0.471 e. The minimum atomic E-state index is -5.00. The molecule has 2 aromatic rings. The number of alkyl halides is 3. The van der Waals surface area contributed by atoms with Crippen molar-refractivity contribution in [1.29, 1.82) is 0 Å². The minimum absolute atomic E-state index is 0.188. The minimum Gasteiger partial charge on any atom is -0.327 e. The molecule has 0 spiro atoms. The largest absolute Gasteiger partial charge is 0.471 e. The summed E-state index contributed by atoms with van der Waals surface area (Å²) in [6.45, 7) is -0.206. The highest BCUT2D eigenvalue weighted by Gasteiger charge is 2.64. The third-order valence-electron chi connectivity index (χ3n) is 5.78. The van der Waals surface area contributed by atoms with Crippen LogP contribution >= 0.6 is 0 Å². The molecule has 0 N–H and O–H groups in total. The Kier molecular flexibility index (Phi) is 3.32. The van der Waals surface area contributed by atoms with Crippen molar-refractivity contribution in [2.75, 3.05) is 11.4 Å². The summed E-state index contributed by atoms with van der Waals surface area (Å²) in [4.78, 5) is 40.9. The number of piperazine rings is 1. The Labute approximate surface area is 157 Å². The summed E-state index contributed by atoms with van der Waals surface area (Å²) in [5.74, 6) is -2.54. The van der Waals surface area contributed by atoms with Gasteiger partial charge in [-0.3, -0.25) is 9.59 Å². The predicted octanol–water partition coefficient (Wildman–Crippen LogP) is 2.52. The Hall–Kier alpha value is -3.10. The van der Waals surface area contributed by atoms with E-state index in [0.29, 0.717) is 16.0 Å². The number of amides is 4. The fourth-order valence-electron chi connectivity index (χ4n) is 4.68. The Morgan fingerprint density at radius 1 is 1.04 bits per heavy atom. The van der Waals surface area contributed by atoms with Crippen LogP contribution in [-0.4, -0.2) is 58.5 Å². The van der Waals surface area contributed by atoms with Crippen LogP contribution in [0.1, 0.15) is 6.42 Å². The molecule has 0 aliphatic carbocycles. The van der Waals surface area contributed by atoms with Crippen molar-refractivity contribution in [1.82, 2.24) is 9.80 Å². The van der Waals surface area contributed by atoms with Crippen LogP contribution in [0.5, 0.6) is 0 Å². The van der Waals surface area contributed by atoms with Crippen molar-refractivity contribution in [2.24, 2.45) is 0 Å². The van der Waals surface area contributed by atoms with Crippen LogP contribution in [0, 0.1) is 0 Å². The SMILES string of the molecule is O=C1C2C3CC(CN3C(=O)C(F)(F)F)N2C(=O)N1c1cccc2ccccc12. The van der Waals surface area contributed by atoms with E-state index >= 15 is 0 Å². The van der Waals surface area contributed by atoms with Gasteiger partial charge in [0, 0.05) is 11.9 Å². The molecule has 5 rings (SSSR count). The number of halogens is 3. The molecule has 0 radical (unpaired) electrons. The van der Waals surface area contributed by atoms with E-state index in [-0.39, 0.29) is 13.0 Å². The van der Waals surface area contributed by atoms with E-state index < -0.39 is 42.1 Å². The molecule has 3 aliphatic heterocycles. The smallest absolute Gasteiger partial charge is 0.327 e. The highest BCUT2D eigenvalue weighted by molar-refractivity contribution is 6.25. The zero-order valence-corrected chi connectivity index (χ0v) is 14.4. The molecule has 144 valence electrons. The Morgan fingerprint density at radius 3 is 2.50 bits per heavy atom. The summed E-state index contributed by atoms with van der Waals surface area (Å²) < 4.78 is 38.7. The summed E-state index contributed by atoms with van der Waals surface area (Å²) in [7, 11) is 0. The summed E-state index contributed by atoms with van der Waals surface area (Å²) in [6.07, 6.45) is -4.82. The molecule has 3 aliphatic rings. The van der Waals surface area contributed by atoms with Gasteiger partial charge in [-0.2, -0.15) is 13.2 Å². The second kappa shape index (κ2) is 5.46. The number of imide groups is 1. The molecule has 3 atom stereocenters. The van der Waals surface area contributed by atoms with Crippen LogP contribution in [0.3, 0.4) is 0 Å².